The fourth-order valence-corrected chi connectivity index (χ4v) is 8.11. The van der Waals surface area contributed by atoms with Gasteiger partial charge in [-0.15, -0.1) is 17.8 Å². The molecule has 0 radical (unpaired) electrons. The zero-order valence-electron chi connectivity index (χ0n) is 23.2. The maximum atomic E-state index is 16.9. The number of anilines is 3. The van der Waals surface area contributed by atoms with Gasteiger partial charge in [-0.2, -0.15) is 9.97 Å². The van der Waals surface area contributed by atoms with E-state index in [2.05, 4.69) is 15.8 Å². The van der Waals surface area contributed by atoms with Crippen molar-refractivity contribution >= 4 is 60.4 Å². The van der Waals surface area contributed by atoms with Crippen LogP contribution in [0.2, 0.25) is 5.02 Å². The van der Waals surface area contributed by atoms with Gasteiger partial charge in [0.15, 0.2) is 11.6 Å². The van der Waals surface area contributed by atoms with Crippen molar-refractivity contribution in [2.24, 2.45) is 0 Å². The quantitative estimate of drug-likeness (QED) is 0.268. The van der Waals surface area contributed by atoms with Crippen molar-refractivity contribution in [3.8, 4) is 35.2 Å². The third-order valence-corrected chi connectivity index (χ3v) is 10.3. The summed E-state index contributed by atoms with van der Waals surface area (Å²) < 4.78 is 58.6. The van der Waals surface area contributed by atoms with E-state index in [-0.39, 0.29) is 72.8 Å². The highest BCUT2D eigenvalue weighted by molar-refractivity contribution is 7.23. The lowest BCUT2D eigenvalue weighted by atomic mass is 9.95. The first kappa shape index (κ1) is 28.1. The molecule has 0 amide bonds. The van der Waals surface area contributed by atoms with Crippen LogP contribution in [0.4, 0.5) is 29.7 Å². The molecule has 5 heterocycles. The molecule has 2 fully saturated rings. The molecular formula is C30H28ClF3N6O2S. The molecule has 2 aromatic heterocycles. The number of benzene rings is 2. The number of rotatable bonds is 5. The third-order valence-electron chi connectivity index (χ3n) is 8.87. The molecule has 0 spiro atoms. The first-order chi connectivity index (χ1) is 20.7. The zero-order chi connectivity index (χ0) is 30.2. The molecule has 0 unspecified atom stereocenters. The van der Waals surface area contributed by atoms with Gasteiger partial charge in [-0.3, -0.25) is 4.90 Å². The SMILES string of the molecule is C#C[C@H]1COc2c(Cl)c(-c3ccc(F)c4sc(N)c(N)c34)c(F)c3nc(OC[C@@]45CCCN4C[C@H](F)C5)nc(c23)N1CC. The van der Waals surface area contributed by atoms with E-state index in [1.807, 2.05) is 11.8 Å². The average molecular weight is 629 g/mol. The van der Waals surface area contributed by atoms with Crippen molar-refractivity contribution in [2.45, 2.75) is 43.9 Å². The van der Waals surface area contributed by atoms with Crippen molar-refractivity contribution in [1.82, 2.24) is 14.9 Å². The molecule has 13 heteroatoms. The Morgan fingerprint density at radius 2 is 2.09 bits per heavy atom. The number of fused-ring (bicyclic) bond motifs is 2. The van der Waals surface area contributed by atoms with Crippen molar-refractivity contribution in [3.05, 3.63) is 28.8 Å². The zero-order valence-corrected chi connectivity index (χ0v) is 24.8. The maximum Gasteiger partial charge on any atom is 0.319 e. The Morgan fingerprint density at radius 1 is 1.28 bits per heavy atom. The van der Waals surface area contributed by atoms with Crippen LogP contribution >= 0.6 is 22.9 Å². The standard InChI is InChI=1S/C30H28ClF3N6O2S/c1-3-15-12-41-25-20-24(22(34)18(21(25)31)16-6-7-17(33)26-19(16)23(35)27(36)43-26)37-29(38-28(20)40(15)4-2)42-13-30-8-5-9-39(30)11-14(32)10-30/h1,6-7,14-15H,4-5,8-13,35-36H2,2H3/t14-,15+,30+/m1/s1. The van der Waals surface area contributed by atoms with Crippen LogP contribution in [-0.2, 0) is 0 Å². The van der Waals surface area contributed by atoms with Crippen LogP contribution in [0.25, 0.3) is 32.1 Å². The van der Waals surface area contributed by atoms with E-state index in [0.29, 0.717) is 25.3 Å². The highest BCUT2D eigenvalue weighted by Crippen LogP contribution is 2.51. The molecule has 4 aromatic rings. The summed E-state index contributed by atoms with van der Waals surface area (Å²) in [6.45, 7) is 3.66. The smallest absolute Gasteiger partial charge is 0.319 e. The van der Waals surface area contributed by atoms with E-state index in [9.17, 15) is 8.78 Å². The van der Waals surface area contributed by atoms with Gasteiger partial charge in [-0.25, -0.2) is 13.2 Å². The molecular weight excluding hydrogens is 601 g/mol. The van der Waals surface area contributed by atoms with Gasteiger partial charge in [0.2, 0.25) is 0 Å². The second-order valence-corrected chi connectivity index (χ2v) is 12.6. The van der Waals surface area contributed by atoms with Crippen molar-refractivity contribution in [2.75, 3.05) is 49.2 Å². The van der Waals surface area contributed by atoms with Crippen LogP contribution in [-0.4, -0.2) is 65.5 Å². The molecule has 224 valence electrons. The second kappa shape index (κ2) is 10.2. The summed E-state index contributed by atoms with van der Waals surface area (Å²) in [5, 5.41) is 0.620. The third kappa shape index (κ3) is 4.16. The first-order valence-corrected chi connectivity index (χ1v) is 15.2. The Bertz CT molecular complexity index is 1850. The number of halogens is 4. The monoisotopic (exact) mass is 628 g/mol. The van der Waals surface area contributed by atoms with Crippen LogP contribution < -0.4 is 25.8 Å². The largest absolute Gasteiger partial charge is 0.488 e. The number of nitrogens with zero attached hydrogens (tertiary/aromatic N) is 4. The minimum atomic E-state index is -0.939. The fourth-order valence-electron chi connectivity index (χ4n) is 6.86. The summed E-state index contributed by atoms with van der Waals surface area (Å²) >= 11 is 7.89. The summed E-state index contributed by atoms with van der Waals surface area (Å²) in [4.78, 5) is 13.1. The molecule has 43 heavy (non-hydrogen) atoms. The van der Waals surface area contributed by atoms with Gasteiger partial charge in [0.1, 0.15) is 47.6 Å². The summed E-state index contributed by atoms with van der Waals surface area (Å²) in [7, 11) is 0. The first-order valence-electron chi connectivity index (χ1n) is 14.0. The number of terminal acetylenes is 1. The second-order valence-electron chi connectivity index (χ2n) is 11.2. The molecule has 3 atom stereocenters. The van der Waals surface area contributed by atoms with Gasteiger partial charge in [0, 0.05) is 30.5 Å². The van der Waals surface area contributed by atoms with Crippen LogP contribution in [0.1, 0.15) is 26.2 Å². The summed E-state index contributed by atoms with van der Waals surface area (Å²) in [6.07, 6.45) is 7.02. The highest BCUT2D eigenvalue weighted by atomic mass is 35.5. The lowest BCUT2D eigenvalue weighted by molar-refractivity contribution is 0.107. The molecule has 3 aliphatic rings. The van der Waals surface area contributed by atoms with Crippen LogP contribution in [0, 0.1) is 24.0 Å². The van der Waals surface area contributed by atoms with Crippen molar-refractivity contribution in [3.63, 3.8) is 0 Å². The highest BCUT2D eigenvalue weighted by Gasteiger charge is 2.49. The van der Waals surface area contributed by atoms with Gasteiger partial charge < -0.3 is 25.8 Å². The number of likely N-dealkylation sites (N-methyl/N-ethyl adjacent to an activating group) is 1. The summed E-state index contributed by atoms with van der Waals surface area (Å²) in [6, 6.07) is 1.99. The number of thiophene rings is 1. The number of hydrogen-bond acceptors (Lipinski definition) is 9. The molecule has 3 aliphatic heterocycles. The fraction of sp³-hybridized carbons (Fsp3) is 0.400. The predicted octanol–water partition coefficient (Wildman–Crippen LogP) is 5.78. The van der Waals surface area contributed by atoms with Gasteiger partial charge in [-0.1, -0.05) is 23.6 Å². The Hall–Kier alpha value is -3.66. The van der Waals surface area contributed by atoms with E-state index >= 15 is 4.39 Å². The van der Waals surface area contributed by atoms with Gasteiger partial charge in [0.25, 0.3) is 0 Å². The molecule has 0 aliphatic carbocycles. The predicted molar refractivity (Wildman–Crippen MR) is 164 cm³/mol. The Labute approximate surface area is 254 Å². The minimum Gasteiger partial charge on any atom is -0.488 e. The molecule has 4 N–H and O–H groups in total. The lowest BCUT2D eigenvalue weighted by Crippen LogP contribution is -2.43. The van der Waals surface area contributed by atoms with Gasteiger partial charge in [0.05, 0.1) is 26.3 Å². The maximum absolute atomic E-state index is 16.9. The Morgan fingerprint density at radius 3 is 2.86 bits per heavy atom. The number of nitrogen functional groups attached to an aromatic ring is 2. The van der Waals surface area contributed by atoms with E-state index in [1.165, 1.54) is 12.1 Å². The Kier molecular flexibility index (Phi) is 6.68. The van der Waals surface area contributed by atoms with Crippen molar-refractivity contribution < 1.29 is 22.6 Å². The topological polar surface area (TPSA) is 103 Å². The normalized spacial score (nSPS) is 23.4. The minimum absolute atomic E-state index is 0.0408. The molecule has 0 saturated carbocycles. The van der Waals surface area contributed by atoms with E-state index < -0.39 is 29.4 Å². The van der Waals surface area contributed by atoms with E-state index in [4.69, 9.17) is 43.9 Å². The van der Waals surface area contributed by atoms with Crippen LogP contribution in [0.3, 0.4) is 0 Å². The number of hydrogen-bond donors (Lipinski definition) is 2. The summed E-state index contributed by atoms with van der Waals surface area (Å²) in [5.41, 5.74) is 12.0. The van der Waals surface area contributed by atoms with Crippen LogP contribution in [0.5, 0.6) is 11.8 Å². The number of ether oxygens (including phenoxy) is 2. The summed E-state index contributed by atoms with van der Waals surface area (Å²) in [5.74, 6) is 1.83. The molecule has 0 bridgehead atoms. The van der Waals surface area contributed by atoms with E-state index in [1.54, 1.807) is 0 Å². The van der Waals surface area contributed by atoms with Gasteiger partial charge in [-0.05, 0) is 37.9 Å². The molecule has 8 nitrogen and oxygen atoms in total. The average Bonchev–Trinajstić information content (AvgIpc) is 3.57. The number of nitrogens with two attached hydrogens (primary N) is 2. The number of alkyl halides is 1. The van der Waals surface area contributed by atoms with E-state index in [0.717, 1.165) is 30.7 Å². The molecule has 2 saturated heterocycles. The molecule has 7 rings (SSSR count). The number of aromatic nitrogens is 2. The lowest BCUT2D eigenvalue weighted by Gasteiger charge is -2.31. The van der Waals surface area contributed by atoms with Crippen LogP contribution in [0.15, 0.2) is 12.1 Å². The Balaban J connectivity index is 1.45. The molecule has 2 aromatic carbocycles. The van der Waals surface area contributed by atoms with Gasteiger partial charge >= 0.3 is 6.01 Å². The van der Waals surface area contributed by atoms with Crippen molar-refractivity contribution in [1.29, 1.82) is 0 Å².